The highest BCUT2D eigenvalue weighted by molar-refractivity contribution is 5.88. The Kier molecular flexibility index (Phi) is 5.37. The summed E-state index contributed by atoms with van der Waals surface area (Å²) in [5.41, 5.74) is 5.40. The van der Waals surface area contributed by atoms with Gasteiger partial charge in [0.25, 0.3) is 0 Å². The van der Waals surface area contributed by atoms with E-state index in [9.17, 15) is 0 Å². The smallest absolute Gasteiger partial charge is 0.127 e. The summed E-state index contributed by atoms with van der Waals surface area (Å²) in [6.45, 7) is 5.11. The molecule has 2 heteroatoms. The number of benzene rings is 2. The third-order valence-electron chi connectivity index (χ3n) is 2.13. The molecule has 2 nitrogen and oxygen atoms in total. The second-order valence-electron chi connectivity index (χ2n) is 3.11. The van der Waals surface area contributed by atoms with Crippen LogP contribution in [0.4, 0.5) is 0 Å². The van der Waals surface area contributed by atoms with Gasteiger partial charge in [-0.3, -0.25) is 0 Å². The zero-order chi connectivity index (χ0) is 11.8. The zero-order valence-electron chi connectivity index (χ0n) is 9.94. The van der Waals surface area contributed by atoms with Crippen LogP contribution in [0.5, 0.6) is 5.75 Å². The lowest BCUT2D eigenvalue weighted by Gasteiger charge is -2.07. The molecule has 0 aliphatic rings. The summed E-state index contributed by atoms with van der Waals surface area (Å²) in [7, 11) is 0. The Morgan fingerprint density at radius 1 is 1.00 bits per heavy atom. The first kappa shape index (κ1) is 12.5. The fraction of sp³-hybridized carbons (Fsp3) is 0.286. The fourth-order valence-electron chi connectivity index (χ4n) is 1.49. The van der Waals surface area contributed by atoms with E-state index in [1.165, 1.54) is 5.39 Å². The van der Waals surface area contributed by atoms with Gasteiger partial charge in [-0.2, -0.15) is 0 Å². The molecular weight excluding hydrogens is 198 g/mol. The topological polar surface area (TPSA) is 35.2 Å². The molecule has 2 N–H and O–H groups in total. The molecule has 2 aromatic carbocycles. The maximum atomic E-state index is 5.54. The SMILES string of the molecule is CC.NCCOc1cccc2ccccc12. The standard InChI is InChI=1S/C12H13NO.C2H6/c13-8-9-14-12-7-3-5-10-4-1-2-6-11(10)12;1-2/h1-7H,8-9,13H2;1-2H3. The van der Waals surface area contributed by atoms with E-state index < -0.39 is 0 Å². The summed E-state index contributed by atoms with van der Waals surface area (Å²) in [5.74, 6) is 0.911. The van der Waals surface area contributed by atoms with E-state index in [4.69, 9.17) is 10.5 Å². The van der Waals surface area contributed by atoms with Crippen molar-refractivity contribution in [3.63, 3.8) is 0 Å². The number of ether oxygens (including phenoxy) is 1. The van der Waals surface area contributed by atoms with Gasteiger partial charge < -0.3 is 10.5 Å². The number of rotatable bonds is 3. The van der Waals surface area contributed by atoms with E-state index in [0.717, 1.165) is 11.1 Å². The van der Waals surface area contributed by atoms with Gasteiger partial charge in [0.15, 0.2) is 0 Å². The highest BCUT2D eigenvalue weighted by Crippen LogP contribution is 2.24. The van der Waals surface area contributed by atoms with Crippen molar-refractivity contribution in [3.05, 3.63) is 42.5 Å². The molecule has 16 heavy (non-hydrogen) atoms. The Hall–Kier alpha value is -1.54. The van der Waals surface area contributed by atoms with Crippen molar-refractivity contribution < 1.29 is 4.74 Å². The number of fused-ring (bicyclic) bond motifs is 1. The largest absolute Gasteiger partial charge is 0.492 e. The van der Waals surface area contributed by atoms with Crippen LogP contribution in [0.1, 0.15) is 13.8 Å². The summed E-state index contributed by atoms with van der Waals surface area (Å²) < 4.78 is 5.54. The van der Waals surface area contributed by atoms with Crippen LogP contribution in [0.15, 0.2) is 42.5 Å². The number of hydrogen-bond donors (Lipinski definition) is 1. The van der Waals surface area contributed by atoms with Crippen molar-refractivity contribution in [1.29, 1.82) is 0 Å². The molecular formula is C14H19NO. The van der Waals surface area contributed by atoms with Crippen molar-refractivity contribution >= 4 is 10.8 Å². The van der Waals surface area contributed by atoms with E-state index in [1.807, 2.05) is 38.1 Å². The fourth-order valence-corrected chi connectivity index (χ4v) is 1.49. The molecule has 2 aromatic rings. The van der Waals surface area contributed by atoms with Gasteiger partial charge in [0, 0.05) is 11.9 Å². The average molecular weight is 217 g/mol. The molecule has 0 bridgehead atoms. The van der Waals surface area contributed by atoms with Crippen molar-refractivity contribution in [2.24, 2.45) is 5.73 Å². The molecule has 0 aliphatic heterocycles. The molecule has 0 aliphatic carbocycles. The quantitative estimate of drug-likeness (QED) is 0.856. The van der Waals surface area contributed by atoms with E-state index >= 15 is 0 Å². The lowest BCUT2D eigenvalue weighted by molar-refractivity contribution is 0.332. The molecule has 0 atom stereocenters. The molecule has 0 unspecified atom stereocenters. The van der Waals surface area contributed by atoms with Gasteiger partial charge in [-0.25, -0.2) is 0 Å². The monoisotopic (exact) mass is 217 g/mol. The molecule has 86 valence electrons. The number of nitrogens with two attached hydrogens (primary N) is 1. The van der Waals surface area contributed by atoms with Gasteiger partial charge in [0.1, 0.15) is 12.4 Å². The maximum absolute atomic E-state index is 5.54. The van der Waals surface area contributed by atoms with Gasteiger partial charge in [0.05, 0.1) is 0 Å². The summed E-state index contributed by atoms with van der Waals surface area (Å²) in [5, 5.41) is 2.34. The average Bonchev–Trinajstić information content (AvgIpc) is 2.38. The Bertz CT molecular complexity index is 421. The highest BCUT2D eigenvalue weighted by atomic mass is 16.5. The minimum absolute atomic E-state index is 0.545. The van der Waals surface area contributed by atoms with Crippen LogP contribution < -0.4 is 10.5 Å². The molecule has 0 fully saturated rings. The van der Waals surface area contributed by atoms with Crippen molar-refractivity contribution in [3.8, 4) is 5.75 Å². The number of hydrogen-bond acceptors (Lipinski definition) is 2. The van der Waals surface area contributed by atoms with E-state index in [-0.39, 0.29) is 0 Å². The third kappa shape index (κ3) is 2.97. The van der Waals surface area contributed by atoms with Gasteiger partial charge in [-0.1, -0.05) is 50.2 Å². The molecule has 0 aromatic heterocycles. The first-order valence-corrected chi connectivity index (χ1v) is 5.72. The van der Waals surface area contributed by atoms with E-state index in [0.29, 0.717) is 13.2 Å². The third-order valence-corrected chi connectivity index (χ3v) is 2.13. The molecule has 2 rings (SSSR count). The van der Waals surface area contributed by atoms with E-state index in [1.54, 1.807) is 0 Å². The lowest BCUT2D eigenvalue weighted by Crippen LogP contribution is -2.10. The maximum Gasteiger partial charge on any atom is 0.127 e. The van der Waals surface area contributed by atoms with Crippen LogP contribution in [0.3, 0.4) is 0 Å². The van der Waals surface area contributed by atoms with Crippen LogP contribution in [0.2, 0.25) is 0 Å². The summed E-state index contributed by atoms with van der Waals surface area (Å²) >= 11 is 0. The Morgan fingerprint density at radius 3 is 2.44 bits per heavy atom. The van der Waals surface area contributed by atoms with Crippen LogP contribution in [-0.2, 0) is 0 Å². The Labute approximate surface area is 97.0 Å². The highest BCUT2D eigenvalue weighted by Gasteiger charge is 1.99. The second kappa shape index (κ2) is 6.85. The lowest BCUT2D eigenvalue weighted by atomic mass is 10.1. The van der Waals surface area contributed by atoms with Crippen LogP contribution in [0.25, 0.3) is 10.8 Å². The summed E-state index contributed by atoms with van der Waals surface area (Å²) in [6.07, 6.45) is 0. The van der Waals surface area contributed by atoms with Crippen molar-refractivity contribution in [2.75, 3.05) is 13.2 Å². The van der Waals surface area contributed by atoms with Gasteiger partial charge >= 0.3 is 0 Å². The summed E-state index contributed by atoms with van der Waals surface area (Å²) in [4.78, 5) is 0. The van der Waals surface area contributed by atoms with Crippen LogP contribution >= 0.6 is 0 Å². The second-order valence-corrected chi connectivity index (χ2v) is 3.11. The van der Waals surface area contributed by atoms with Crippen LogP contribution in [0, 0.1) is 0 Å². The van der Waals surface area contributed by atoms with Gasteiger partial charge in [0.2, 0.25) is 0 Å². The summed E-state index contributed by atoms with van der Waals surface area (Å²) in [6, 6.07) is 14.2. The predicted octanol–water partition coefficient (Wildman–Crippen LogP) is 3.20. The Morgan fingerprint density at radius 2 is 1.69 bits per heavy atom. The van der Waals surface area contributed by atoms with Gasteiger partial charge in [-0.15, -0.1) is 0 Å². The predicted molar refractivity (Wildman–Crippen MR) is 69.8 cm³/mol. The first-order chi connectivity index (χ1) is 7.92. The molecule has 0 spiro atoms. The molecule has 0 amide bonds. The normalized spacial score (nSPS) is 9.44. The molecule has 0 radical (unpaired) electrons. The molecule has 0 saturated carbocycles. The minimum atomic E-state index is 0.545. The minimum Gasteiger partial charge on any atom is -0.492 e. The van der Waals surface area contributed by atoms with Gasteiger partial charge in [-0.05, 0) is 11.5 Å². The van der Waals surface area contributed by atoms with E-state index in [2.05, 4.69) is 18.2 Å². The first-order valence-electron chi connectivity index (χ1n) is 5.72. The molecule has 0 heterocycles. The van der Waals surface area contributed by atoms with Crippen molar-refractivity contribution in [1.82, 2.24) is 0 Å². The molecule has 0 saturated heterocycles. The van der Waals surface area contributed by atoms with Crippen molar-refractivity contribution in [2.45, 2.75) is 13.8 Å². The van der Waals surface area contributed by atoms with Crippen LogP contribution in [-0.4, -0.2) is 13.2 Å². The zero-order valence-corrected chi connectivity index (χ0v) is 9.94. The Balaban J connectivity index is 0.000000606.